The van der Waals surface area contributed by atoms with Crippen molar-refractivity contribution < 1.29 is 0 Å². The summed E-state index contributed by atoms with van der Waals surface area (Å²) < 4.78 is 0. The number of hydrogen-bond acceptors (Lipinski definition) is 4. The number of rotatable bonds is 7. The first-order valence-electron chi connectivity index (χ1n) is 8.51. The first-order chi connectivity index (χ1) is 10.1. The molecular formula is C17H31N3S. The minimum Gasteiger partial charge on any atom is -0.310 e. The first-order valence-corrected chi connectivity index (χ1v) is 9.33. The largest absolute Gasteiger partial charge is 0.310 e. The second-order valence-corrected chi connectivity index (χ2v) is 7.81. The molecule has 0 aromatic carbocycles. The van der Waals surface area contributed by atoms with Crippen molar-refractivity contribution in [2.75, 3.05) is 19.6 Å². The van der Waals surface area contributed by atoms with Crippen molar-refractivity contribution in [2.24, 2.45) is 5.92 Å². The van der Waals surface area contributed by atoms with Gasteiger partial charge in [0.05, 0.1) is 10.7 Å². The number of nitrogens with one attached hydrogen (secondary N) is 1. The molecule has 1 aliphatic rings. The van der Waals surface area contributed by atoms with Gasteiger partial charge < -0.3 is 10.2 Å². The summed E-state index contributed by atoms with van der Waals surface area (Å²) in [5, 5.41) is 4.85. The molecule has 1 aromatic heterocycles. The summed E-state index contributed by atoms with van der Waals surface area (Å²) in [6, 6.07) is 0.538. The van der Waals surface area contributed by atoms with Gasteiger partial charge in [-0.2, -0.15) is 0 Å². The van der Waals surface area contributed by atoms with Crippen molar-refractivity contribution in [3.8, 4) is 0 Å². The molecule has 0 saturated carbocycles. The zero-order valence-corrected chi connectivity index (χ0v) is 14.9. The molecular weight excluding hydrogens is 278 g/mol. The minimum absolute atomic E-state index is 0.538. The zero-order chi connectivity index (χ0) is 15.2. The highest BCUT2D eigenvalue weighted by Gasteiger charge is 2.16. The number of likely N-dealkylation sites (tertiary alicyclic amines) is 1. The first kappa shape index (κ1) is 16.9. The van der Waals surface area contributed by atoms with Gasteiger partial charge in [0.25, 0.3) is 0 Å². The van der Waals surface area contributed by atoms with Crippen LogP contribution in [0.4, 0.5) is 0 Å². The van der Waals surface area contributed by atoms with E-state index in [0.29, 0.717) is 6.04 Å². The Balaban J connectivity index is 1.85. The van der Waals surface area contributed by atoms with Crippen LogP contribution < -0.4 is 5.32 Å². The van der Waals surface area contributed by atoms with E-state index in [1.807, 2.05) is 11.3 Å². The fourth-order valence-electron chi connectivity index (χ4n) is 2.79. The third-order valence-electron chi connectivity index (χ3n) is 4.35. The Labute approximate surface area is 134 Å². The molecule has 1 saturated heterocycles. The van der Waals surface area contributed by atoms with Crippen LogP contribution in [-0.2, 0) is 19.4 Å². The summed E-state index contributed by atoms with van der Waals surface area (Å²) in [6.07, 6.45) is 4.89. The maximum absolute atomic E-state index is 4.86. The molecule has 0 aliphatic carbocycles. The van der Waals surface area contributed by atoms with E-state index >= 15 is 0 Å². The smallest absolute Gasteiger partial charge is 0.0944 e. The molecule has 1 aromatic rings. The molecule has 0 bridgehead atoms. The average molecular weight is 310 g/mol. The SMILES string of the molecule is CCc1nc(CCN2CCC(C)CC2)sc1CNC(C)C. The van der Waals surface area contributed by atoms with E-state index in [1.54, 1.807) is 0 Å². The van der Waals surface area contributed by atoms with Crippen molar-refractivity contribution >= 4 is 11.3 Å². The second-order valence-electron chi connectivity index (χ2n) is 6.64. The van der Waals surface area contributed by atoms with Gasteiger partial charge in [0.15, 0.2) is 0 Å². The predicted octanol–water partition coefficient (Wildman–Crippen LogP) is 3.48. The topological polar surface area (TPSA) is 28.2 Å². The summed E-state index contributed by atoms with van der Waals surface area (Å²) in [4.78, 5) is 8.91. The second kappa shape index (κ2) is 8.25. The maximum Gasteiger partial charge on any atom is 0.0944 e. The van der Waals surface area contributed by atoms with Crippen LogP contribution in [0.3, 0.4) is 0 Å². The molecule has 1 aliphatic heterocycles. The van der Waals surface area contributed by atoms with Crippen molar-refractivity contribution in [1.29, 1.82) is 0 Å². The highest BCUT2D eigenvalue weighted by molar-refractivity contribution is 7.11. The lowest BCUT2D eigenvalue weighted by Crippen LogP contribution is -2.34. The lowest BCUT2D eigenvalue weighted by Gasteiger charge is -2.29. The van der Waals surface area contributed by atoms with Gasteiger partial charge in [0.2, 0.25) is 0 Å². The summed E-state index contributed by atoms with van der Waals surface area (Å²) in [6.45, 7) is 13.7. The molecule has 0 unspecified atom stereocenters. The van der Waals surface area contributed by atoms with Gasteiger partial charge in [0, 0.05) is 30.4 Å². The van der Waals surface area contributed by atoms with Gasteiger partial charge in [0.1, 0.15) is 0 Å². The van der Waals surface area contributed by atoms with Crippen LogP contribution in [0.1, 0.15) is 56.1 Å². The van der Waals surface area contributed by atoms with Crippen molar-refractivity contribution in [2.45, 2.75) is 66.0 Å². The Hall–Kier alpha value is -0.450. The predicted molar refractivity (Wildman–Crippen MR) is 92.0 cm³/mol. The quantitative estimate of drug-likeness (QED) is 0.836. The number of piperidine rings is 1. The standard InChI is InChI=1S/C17H31N3S/c1-5-15-16(12-18-13(2)3)21-17(19-15)8-11-20-9-6-14(4)7-10-20/h13-14,18H,5-12H2,1-4H3. The Bertz CT molecular complexity index is 420. The van der Waals surface area contributed by atoms with Crippen LogP contribution in [0.25, 0.3) is 0 Å². The van der Waals surface area contributed by atoms with E-state index in [-0.39, 0.29) is 0 Å². The van der Waals surface area contributed by atoms with E-state index < -0.39 is 0 Å². The normalized spacial score (nSPS) is 17.8. The molecule has 120 valence electrons. The molecule has 0 radical (unpaired) electrons. The summed E-state index contributed by atoms with van der Waals surface area (Å²) in [5.74, 6) is 0.918. The number of hydrogen-bond donors (Lipinski definition) is 1. The van der Waals surface area contributed by atoms with E-state index in [4.69, 9.17) is 4.98 Å². The molecule has 0 amide bonds. The minimum atomic E-state index is 0.538. The molecule has 21 heavy (non-hydrogen) atoms. The third-order valence-corrected chi connectivity index (χ3v) is 5.50. The van der Waals surface area contributed by atoms with Crippen LogP contribution in [0.2, 0.25) is 0 Å². The number of aryl methyl sites for hydroxylation is 1. The summed E-state index contributed by atoms with van der Waals surface area (Å²) >= 11 is 1.91. The lowest BCUT2D eigenvalue weighted by atomic mass is 9.99. The maximum atomic E-state index is 4.86. The number of thiazole rings is 1. The van der Waals surface area contributed by atoms with Gasteiger partial charge in [-0.15, -0.1) is 11.3 Å². The Morgan fingerprint density at radius 3 is 2.67 bits per heavy atom. The van der Waals surface area contributed by atoms with E-state index in [2.05, 4.69) is 37.9 Å². The molecule has 4 heteroatoms. The molecule has 0 spiro atoms. The van der Waals surface area contributed by atoms with E-state index in [9.17, 15) is 0 Å². The fraction of sp³-hybridized carbons (Fsp3) is 0.824. The Morgan fingerprint density at radius 1 is 1.33 bits per heavy atom. The van der Waals surface area contributed by atoms with Crippen molar-refractivity contribution in [3.05, 3.63) is 15.6 Å². The monoisotopic (exact) mass is 309 g/mol. The zero-order valence-electron chi connectivity index (χ0n) is 14.1. The van der Waals surface area contributed by atoms with Crippen LogP contribution in [-0.4, -0.2) is 35.6 Å². The molecule has 2 heterocycles. The molecule has 3 nitrogen and oxygen atoms in total. The van der Waals surface area contributed by atoms with Crippen LogP contribution >= 0.6 is 11.3 Å². The van der Waals surface area contributed by atoms with Crippen LogP contribution in [0, 0.1) is 5.92 Å². The molecule has 2 rings (SSSR count). The van der Waals surface area contributed by atoms with Crippen molar-refractivity contribution in [3.63, 3.8) is 0 Å². The lowest BCUT2D eigenvalue weighted by molar-refractivity contribution is 0.194. The Kier molecular flexibility index (Phi) is 6.65. The van der Waals surface area contributed by atoms with Crippen LogP contribution in [0.5, 0.6) is 0 Å². The summed E-state index contributed by atoms with van der Waals surface area (Å²) in [7, 11) is 0. The highest BCUT2D eigenvalue weighted by Crippen LogP contribution is 2.21. The number of aromatic nitrogens is 1. The fourth-order valence-corrected chi connectivity index (χ4v) is 3.89. The highest BCUT2D eigenvalue weighted by atomic mass is 32.1. The molecule has 1 N–H and O–H groups in total. The van der Waals surface area contributed by atoms with Gasteiger partial charge in [-0.1, -0.05) is 27.7 Å². The molecule has 1 fully saturated rings. The van der Waals surface area contributed by atoms with Gasteiger partial charge >= 0.3 is 0 Å². The van der Waals surface area contributed by atoms with Gasteiger partial charge in [-0.3, -0.25) is 0 Å². The summed E-state index contributed by atoms with van der Waals surface area (Å²) in [5.41, 5.74) is 1.30. The van der Waals surface area contributed by atoms with Gasteiger partial charge in [-0.05, 0) is 38.3 Å². The van der Waals surface area contributed by atoms with Crippen LogP contribution in [0.15, 0.2) is 0 Å². The average Bonchev–Trinajstić information content (AvgIpc) is 2.87. The van der Waals surface area contributed by atoms with Gasteiger partial charge in [-0.25, -0.2) is 4.98 Å². The molecule has 0 atom stereocenters. The number of nitrogens with zero attached hydrogens (tertiary/aromatic N) is 2. The Morgan fingerprint density at radius 2 is 2.05 bits per heavy atom. The third kappa shape index (κ3) is 5.35. The van der Waals surface area contributed by atoms with E-state index in [0.717, 1.165) is 25.3 Å². The van der Waals surface area contributed by atoms with E-state index in [1.165, 1.54) is 48.1 Å². The van der Waals surface area contributed by atoms with Crippen molar-refractivity contribution in [1.82, 2.24) is 15.2 Å².